The molecule has 0 spiro atoms. The zero-order chi connectivity index (χ0) is 16.8. The number of thioether (sulfide) groups is 1. The number of unbranched alkanes of at least 4 members (excludes halogenated alkanes) is 2. The molecule has 23 heavy (non-hydrogen) atoms. The number of carbonyl (C=O) groups excluding carboxylic acids is 1. The quantitative estimate of drug-likeness (QED) is 0.434. The van der Waals surface area contributed by atoms with Crippen molar-refractivity contribution < 1.29 is 19.6 Å². The number of amides is 1. The van der Waals surface area contributed by atoms with Gasteiger partial charge in [-0.05, 0) is 24.9 Å². The van der Waals surface area contributed by atoms with Crippen molar-refractivity contribution in [1.29, 1.82) is 0 Å². The fourth-order valence-corrected chi connectivity index (χ4v) is 3.43. The lowest BCUT2D eigenvalue weighted by atomic mass is 9.83. The van der Waals surface area contributed by atoms with Gasteiger partial charge >= 0.3 is 7.12 Å². The fraction of sp³-hybridized carbons (Fsp3) is 0.438. The van der Waals surface area contributed by atoms with E-state index in [-0.39, 0.29) is 5.91 Å². The summed E-state index contributed by atoms with van der Waals surface area (Å²) in [4.78, 5) is 15.2. The highest BCUT2D eigenvalue weighted by Crippen LogP contribution is 2.37. The van der Waals surface area contributed by atoms with Gasteiger partial charge < -0.3 is 19.7 Å². The number of methoxy groups -OCH3 is 1. The predicted molar refractivity (Wildman–Crippen MR) is 94.4 cm³/mol. The Morgan fingerprint density at radius 1 is 1.39 bits per heavy atom. The highest BCUT2D eigenvalue weighted by atomic mass is 32.2. The Labute approximate surface area is 141 Å². The Balaban J connectivity index is 2.05. The number of nitrogens with zero attached hydrogens (tertiary/aromatic N) is 1. The number of rotatable bonds is 8. The first-order valence-corrected chi connectivity index (χ1v) is 8.68. The number of ether oxygens (including phenoxy) is 1. The molecule has 0 unspecified atom stereocenters. The average molecular weight is 335 g/mol. The molecule has 0 saturated heterocycles. The van der Waals surface area contributed by atoms with Gasteiger partial charge in [0.1, 0.15) is 5.76 Å². The average Bonchev–Trinajstić information content (AvgIpc) is 2.54. The molecule has 1 amide bonds. The van der Waals surface area contributed by atoms with Crippen molar-refractivity contribution in [2.24, 2.45) is 0 Å². The lowest BCUT2D eigenvalue weighted by Crippen LogP contribution is -2.36. The van der Waals surface area contributed by atoms with Crippen LogP contribution in [0.25, 0.3) is 5.76 Å². The maximum atomic E-state index is 12.3. The van der Waals surface area contributed by atoms with Gasteiger partial charge in [0, 0.05) is 17.0 Å². The van der Waals surface area contributed by atoms with Gasteiger partial charge in [-0.2, -0.15) is 0 Å². The van der Waals surface area contributed by atoms with Crippen LogP contribution in [0.2, 0.25) is 6.32 Å². The van der Waals surface area contributed by atoms with Crippen LogP contribution in [-0.4, -0.2) is 42.5 Å². The molecule has 1 aliphatic heterocycles. The van der Waals surface area contributed by atoms with Crippen LogP contribution in [0.3, 0.4) is 0 Å². The summed E-state index contributed by atoms with van der Waals surface area (Å²) in [5.74, 6) is 1.13. The van der Waals surface area contributed by atoms with E-state index in [0.717, 1.165) is 35.4 Å². The largest absolute Gasteiger partial charge is 0.497 e. The fourth-order valence-electron chi connectivity index (χ4n) is 2.51. The van der Waals surface area contributed by atoms with E-state index in [4.69, 9.17) is 14.8 Å². The van der Waals surface area contributed by atoms with Crippen molar-refractivity contribution in [3.63, 3.8) is 0 Å². The number of hydrogen-bond acceptors (Lipinski definition) is 5. The predicted octanol–water partition coefficient (Wildman–Crippen LogP) is 2.39. The summed E-state index contributed by atoms with van der Waals surface area (Å²) in [7, 11) is 0.334. The van der Waals surface area contributed by atoms with E-state index in [2.05, 4.69) is 6.58 Å². The van der Waals surface area contributed by atoms with Gasteiger partial charge in [-0.1, -0.05) is 25.5 Å². The number of hydrogen-bond donors (Lipinski definition) is 2. The van der Waals surface area contributed by atoms with Gasteiger partial charge in [-0.25, -0.2) is 0 Å². The SMILES string of the molecule is C=C(OC)c1ccc2c(c1)N(CCCCCB(O)O)C(=O)CS2. The van der Waals surface area contributed by atoms with Crippen LogP contribution in [0.5, 0.6) is 0 Å². The molecule has 1 heterocycles. The molecule has 0 aromatic heterocycles. The maximum Gasteiger partial charge on any atom is 0.451 e. The molecule has 2 N–H and O–H groups in total. The zero-order valence-corrected chi connectivity index (χ0v) is 14.1. The van der Waals surface area contributed by atoms with E-state index >= 15 is 0 Å². The first-order chi connectivity index (χ1) is 11.0. The Bertz CT molecular complexity index is 579. The summed E-state index contributed by atoms with van der Waals surface area (Å²) < 4.78 is 5.17. The molecule has 2 rings (SSSR count). The first-order valence-electron chi connectivity index (χ1n) is 7.69. The van der Waals surface area contributed by atoms with E-state index in [1.807, 2.05) is 23.1 Å². The molecular weight excluding hydrogens is 313 g/mol. The van der Waals surface area contributed by atoms with Crippen molar-refractivity contribution in [2.75, 3.05) is 24.3 Å². The van der Waals surface area contributed by atoms with E-state index in [1.165, 1.54) is 0 Å². The normalized spacial score (nSPS) is 13.7. The van der Waals surface area contributed by atoms with E-state index in [9.17, 15) is 4.79 Å². The Kier molecular flexibility index (Phi) is 6.56. The second kappa shape index (κ2) is 8.43. The maximum absolute atomic E-state index is 12.3. The molecule has 1 aromatic carbocycles. The summed E-state index contributed by atoms with van der Waals surface area (Å²) in [5, 5.41) is 17.7. The van der Waals surface area contributed by atoms with Crippen LogP contribution in [-0.2, 0) is 9.53 Å². The molecule has 5 nitrogen and oxygen atoms in total. The Hall–Kier alpha value is -1.44. The van der Waals surface area contributed by atoms with Gasteiger partial charge in [0.05, 0.1) is 18.6 Å². The second-order valence-electron chi connectivity index (χ2n) is 5.47. The van der Waals surface area contributed by atoms with E-state index in [1.54, 1.807) is 18.9 Å². The van der Waals surface area contributed by atoms with Crippen LogP contribution in [0.1, 0.15) is 24.8 Å². The summed E-state index contributed by atoms with van der Waals surface area (Å²) in [6, 6.07) is 5.90. The third-order valence-corrected chi connectivity index (χ3v) is 4.86. The van der Waals surface area contributed by atoms with Gasteiger partial charge in [-0.15, -0.1) is 11.8 Å². The molecule has 0 bridgehead atoms. The van der Waals surface area contributed by atoms with Gasteiger partial charge in [0.25, 0.3) is 0 Å². The topological polar surface area (TPSA) is 70.0 Å². The molecule has 7 heteroatoms. The standard InChI is InChI=1S/C16H22BNO4S/c1-12(22-2)13-6-7-15-14(10-13)18(16(19)11-23-15)9-5-3-4-8-17(20)21/h6-7,10,20-21H,1,3-5,8-9,11H2,2H3. The Morgan fingerprint density at radius 3 is 2.87 bits per heavy atom. The summed E-state index contributed by atoms with van der Waals surface area (Å²) in [5.41, 5.74) is 1.78. The molecule has 1 aromatic rings. The van der Waals surface area contributed by atoms with Crippen LogP contribution in [0.15, 0.2) is 29.7 Å². The molecule has 0 fully saturated rings. The summed E-state index contributed by atoms with van der Waals surface area (Å²) in [6.07, 6.45) is 2.80. The molecule has 0 saturated carbocycles. The summed E-state index contributed by atoms with van der Waals surface area (Å²) >= 11 is 1.55. The smallest absolute Gasteiger partial charge is 0.451 e. The highest BCUT2D eigenvalue weighted by Gasteiger charge is 2.25. The van der Waals surface area contributed by atoms with E-state index < -0.39 is 7.12 Å². The molecule has 0 atom stereocenters. The van der Waals surface area contributed by atoms with Crippen molar-refractivity contribution >= 4 is 36.2 Å². The first kappa shape index (κ1) is 17.9. The summed E-state index contributed by atoms with van der Waals surface area (Å²) in [6.45, 7) is 4.50. The number of benzene rings is 1. The third kappa shape index (κ3) is 4.77. The van der Waals surface area contributed by atoms with Crippen LogP contribution >= 0.6 is 11.8 Å². The number of anilines is 1. The van der Waals surface area contributed by atoms with Gasteiger partial charge in [0.2, 0.25) is 5.91 Å². The van der Waals surface area contributed by atoms with Crippen molar-refractivity contribution in [3.8, 4) is 0 Å². The molecule has 0 aliphatic carbocycles. The van der Waals surface area contributed by atoms with E-state index in [0.29, 0.717) is 24.4 Å². The monoisotopic (exact) mass is 335 g/mol. The lowest BCUT2D eigenvalue weighted by Gasteiger charge is -2.29. The zero-order valence-electron chi connectivity index (χ0n) is 13.3. The molecule has 124 valence electrons. The number of fused-ring (bicyclic) bond motifs is 1. The third-order valence-electron chi connectivity index (χ3n) is 3.81. The van der Waals surface area contributed by atoms with Crippen LogP contribution in [0.4, 0.5) is 5.69 Å². The minimum Gasteiger partial charge on any atom is -0.497 e. The van der Waals surface area contributed by atoms with Crippen LogP contribution in [0, 0.1) is 0 Å². The second-order valence-corrected chi connectivity index (χ2v) is 6.49. The molecular formula is C16H22BNO4S. The van der Waals surface area contributed by atoms with Crippen molar-refractivity contribution in [1.82, 2.24) is 0 Å². The minimum atomic E-state index is -1.24. The van der Waals surface area contributed by atoms with Gasteiger partial charge in [-0.3, -0.25) is 4.79 Å². The van der Waals surface area contributed by atoms with Crippen molar-refractivity contribution in [2.45, 2.75) is 30.5 Å². The highest BCUT2D eigenvalue weighted by molar-refractivity contribution is 8.00. The lowest BCUT2D eigenvalue weighted by molar-refractivity contribution is -0.116. The van der Waals surface area contributed by atoms with Crippen molar-refractivity contribution in [3.05, 3.63) is 30.3 Å². The molecule has 1 aliphatic rings. The number of carbonyl (C=O) groups is 1. The minimum absolute atomic E-state index is 0.102. The van der Waals surface area contributed by atoms with Gasteiger partial charge in [0.15, 0.2) is 0 Å². The molecule has 0 radical (unpaired) electrons. The Morgan fingerprint density at radius 2 is 2.17 bits per heavy atom. The van der Waals surface area contributed by atoms with Crippen LogP contribution < -0.4 is 4.90 Å².